The van der Waals surface area contributed by atoms with Gasteiger partial charge in [0.2, 0.25) is 0 Å². The highest BCUT2D eigenvalue weighted by Gasteiger charge is 2.10. The van der Waals surface area contributed by atoms with Gasteiger partial charge >= 0.3 is 0 Å². The Kier molecular flexibility index (Phi) is 5.25. The number of benzene rings is 1. The Labute approximate surface area is 168 Å². The summed E-state index contributed by atoms with van der Waals surface area (Å²) in [6.07, 6.45) is 10.6. The van der Waals surface area contributed by atoms with Gasteiger partial charge in [0.05, 0.1) is 23.8 Å². The number of allylic oxidation sites excluding steroid dienone is 2. The second-order valence-electron chi connectivity index (χ2n) is 6.29. The first kappa shape index (κ1) is 18.3. The van der Waals surface area contributed by atoms with Crippen molar-refractivity contribution in [2.45, 2.75) is 6.92 Å². The standard InChI is InChI=1S/C23H20N6/c1-3-11-24-18(4-2)22-26-14-20(28-22)16-8-7-9-17(13-16)21-15-27-23(29-21)19-10-5-6-12-25-19/h3-15H,2H2,1H3,(H,26,28)(H,27,29)/b11-3-,24-18?. The predicted octanol–water partition coefficient (Wildman–Crippen LogP) is 5.04. The van der Waals surface area contributed by atoms with E-state index in [9.17, 15) is 0 Å². The van der Waals surface area contributed by atoms with Gasteiger partial charge in [-0.15, -0.1) is 0 Å². The van der Waals surface area contributed by atoms with Crippen molar-refractivity contribution in [3.63, 3.8) is 0 Å². The first-order chi connectivity index (χ1) is 14.3. The number of aromatic nitrogens is 5. The molecule has 6 nitrogen and oxygen atoms in total. The molecule has 0 aliphatic heterocycles. The number of aromatic amines is 2. The molecule has 0 amide bonds. The van der Waals surface area contributed by atoms with Gasteiger partial charge in [-0.2, -0.15) is 0 Å². The molecule has 0 spiro atoms. The highest BCUT2D eigenvalue weighted by molar-refractivity contribution is 6.06. The first-order valence-electron chi connectivity index (χ1n) is 9.22. The second kappa shape index (κ2) is 8.31. The van der Waals surface area contributed by atoms with Crippen molar-refractivity contribution in [3.05, 3.63) is 91.8 Å². The summed E-state index contributed by atoms with van der Waals surface area (Å²) in [4.78, 5) is 24.2. The minimum absolute atomic E-state index is 0.678. The summed E-state index contributed by atoms with van der Waals surface area (Å²) < 4.78 is 0. The van der Waals surface area contributed by atoms with E-state index in [-0.39, 0.29) is 0 Å². The molecule has 3 aromatic heterocycles. The molecular formula is C23H20N6. The first-order valence-corrected chi connectivity index (χ1v) is 9.22. The zero-order chi connectivity index (χ0) is 20.1. The van der Waals surface area contributed by atoms with Crippen molar-refractivity contribution in [2.75, 3.05) is 0 Å². The second-order valence-corrected chi connectivity index (χ2v) is 6.29. The molecule has 4 aromatic rings. The van der Waals surface area contributed by atoms with Gasteiger partial charge in [-0.3, -0.25) is 9.98 Å². The van der Waals surface area contributed by atoms with Crippen LogP contribution in [0.5, 0.6) is 0 Å². The van der Waals surface area contributed by atoms with Gasteiger partial charge < -0.3 is 9.97 Å². The quantitative estimate of drug-likeness (QED) is 0.460. The molecule has 4 rings (SSSR count). The fraction of sp³-hybridized carbons (Fsp3) is 0.0435. The average Bonchev–Trinajstić information content (AvgIpc) is 3.46. The number of hydrogen-bond donors (Lipinski definition) is 2. The van der Waals surface area contributed by atoms with Crippen LogP contribution >= 0.6 is 0 Å². The van der Waals surface area contributed by atoms with E-state index in [2.05, 4.69) is 42.6 Å². The van der Waals surface area contributed by atoms with E-state index in [4.69, 9.17) is 0 Å². The predicted molar refractivity (Wildman–Crippen MR) is 116 cm³/mol. The fourth-order valence-corrected chi connectivity index (χ4v) is 2.92. The number of aliphatic imine (C=N–C) groups is 1. The molecule has 6 heteroatoms. The number of hydrogen-bond acceptors (Lipinski definition) is 4. The number of nitrogens with one attached hydrogen (secondary N) is 2. The molecule has 3 heterocycles. The lowest BCUT2D eigenvalue weighted by molar-refractivity contribution is 1.22. The normalized spacial score (nSPS) is 11.8. The van der Waals surface area contributed by atoms with Crippen molar-refractivity contribution >= 4 is 5.71 Å². The Bertz CT molecular complexity index is 1180. The van der Waals surface area contributed by atoms with E-state index in [1.165, 1.54) is 0 Å². The van der Waals surface area contributed by atoms with Crippen molar-refractivity contribution in [1.82, 2.24) is 24.9 Å². The Morgan fingerprint density at radius 3 is 2.48 bits per heavy atom. The van der Waals surface area contributed by atoms with Crippen molar-refractivity contribution in [3.8, 4) is 34.0 Å². The monoisotopic (exact) mass is 380 g/mol. The largest absolute Gasteiger partial charge is 0.337 e. The van der Waals surface area contributed by atoms with Gasteiger partial charge in [-0.1, -0.05) is 36.9 Å². The summed E-state index contributed by atoms with van der Waals surface area (Å²) in [6.45, 7) is 5.73. The van der Waals surface area contributed by atoms with Crippen LogP contribution in [-0.2, 0) is 0 Å². The minimum Gasteiger partial charge on any atom is -0.337 e. The molecule has 0 unspecified atom stereocenters. The lowest BCUT2D eigenvalue weighted by atomic mass is 10.1. The van der Waals surface area contributed by atoms with E-state index >= 15 is 0 Å². The number of nitrogens with zero attached hydrogens (tertiary/aromatic N) is 4. The molecule has 0 fully saturated rings. The van der Waals surface area contributed by atoms with Gasteiger partial charge in [-0.25, -0.2) is 9.97 Å². The maximum atomic E-state index is 4.46. The Balaban J connectivity index is 1.64. The number of rotatable bonds is 6. The molecule has 0 bridgehead atoms. The van der Waals surface area contributed by atoms with Gasteiger partial charge in [0.25, 0.3) is 0 Å². The molecule has 0 aliphatic rings. The topological polar surface area (TPSA) is 82.6 Å². The summed E-state index contributed by atoms with van der Waals surface area (Å²) >= 11 is 0. The lowest BCUT2D eigenvalue weighted by Gasteiger charge is -2.02. The smallest absolute Gasteiger partial charge is 0.156 e. The van der Waals surface area contributed by atoms with Crippen LogP contribution in [0.1, 0.15) is 12.7 Å². The Hall–Kier alpha value is -4.06. The highest BCUT2D eigenvalue weighted by atomic mass is 15.0. The van der Waals surface area contributed by atoms with Gasteiger partial charge in [0.15, 0.2) is 11.6 Å². The van der Waals surface area contributed by atoms with Crippen LogP contribution in [-0.4, -0.2) is 30.6 Å². The molecule has 2 N–H and O–H groups in total. The maximum absolute atomic E-state index is 4.46. The van der Waals surface area contributed by atoms with Crippen LogP contribution in [0, 0.1) is 0 Å². The molecule has 0 saturated carbocycles. The number of imidazole rings is 2. The van der Waals surface area contributed by atoms with E-state index in [1.54, 1.807) is 24.7 Å². The van der Waals surface area contributed by atoms with Crippen LogP contribution < -0.4 is 0 Å². The van der Waals surface area contributed by atoms with Crippen LogP contribution in [0.3, 0.4) is 0 Å². The fourth-order valence-electron chi connectivity index (χ4n) is 2.92. The zero-order valence-corrected chi connectivity index (χ0v) is 16.0. The molecule has 1 aromatic carbocycles. The lowest BCUT2D eigenvalue weighted by Crippen LogP contribution is -1.98. The summed E-state index contributed by atoms with van der Waals surface area (Å²) in [7, 11) is 0. The average molecular weight is 380 g/mol. The molecule has 0 radical (unpaired) electrons. The van der Waals surface area contributed by atoms with Crippen LogP contribution in [0.2, 0.25) is 0 Å². The van der Waals surface area contributed by atoms with E-state index < -0.39 is 0 Å². The van der Waals surface area contributed by atoms with Gasteiger partial charge in [0, 0.05) is 23.5 Å². The maximum Gasteiger partial charge on any atom is 0.156 e. The van der Waals surface area contributed by atoms with Gasteiger partial charge in [0.1, 0.15) is 11.4 Å². The van der Waals surface area contributed by atoms with Crippen molar-refractivity contribution < 1.29 is 0 Å². The molecule has 142 valence electrons. The third-order valence-corrected chi connectivity index (χ3v) is 4.34. The van der Waals surface area contributed by atoms with Crippen LogP contribution in [0.25, 0.3) is 34.0 Å². The molecular weight excluding hydrogens is 360 g/mol. The molecule has 0 saturated heterocycles. The van der Waals surface area contributed by atoms with E-state index in [0.717, 1.165) is 34.0 Å². The minimum atomic E-state index is 0.678. The third-order valence-electron chi connectivity index (χ3n) is 4.34. The third kappa shape index (κ3) is 3.96. The van der Waals surface area contributed by atoms with Crippen molar-refractivity contribution in [2.24, 2.45) is 4.99 Å². The summed E-state index contributed by atoms with van der Waals surface area (Å²) in [5, 5.41) is 0. The zero-order valence-electron chi connectivity index (χ0n) is 16.0. The van der Waals surface area contributed by atoms with E-state index in [0.29, 0.717) is 11.5 Å². The van der Waals surface area contributed by atoms with Crippen LogP contribution in [0.4, 0.5) is 0 Å². The number of pyridine rings is 1. The highest BCUT2D eigenvalue weighted by Crippen LogP contribution is 2.26. The summed E-state index contributed by atoms with van der Waals surface area (Å²) in [5.41, 5.74) is 5.38. The molecule has 0 atom stereocenters. The molecule has 29 heavy (non-hydrogen) atoms. The molecule has 0 aliphatic carbocycles. The SMILES string of the molecule is C=CC(=N/C=C\C)c1ncc(-c2cccc(-c3cnc(-c4ccccn4)[nH]3)c2)[nH]1. The Morgan fingerprint density at radius 1 is 0.966 bits per heavy atom. The summed E-state index contributed by atoms with van der Waals surface area (Å²) in [5.74, 6) is 1.42. The van der Waals surface area contributed by atoms with Crippen LogP contribution in [0.15, 0.2) is 91.0 Å². The summed E-state index contributed by atoms with van der Waals surface area (Å²) in [6, 6.07) is 13.9. The Morgan fingerprint density at radius 2 is 1.76 bits per heavy atom. The van der Waals surface area contributed by atoms with E-state index in [1.807, 2.05) is 55.6 Å². The van der Waals surface area contributed by atoms with Crippen molar-refractivity contribution in [1.29, 1.82) is 0 Å². The van der Waals surface area contributed by atoms with Gasteiger partial charge in [-0.05, 0) is 31.2 Å². The number of H-pyrrole nitrogens is 2.